The molecule has 2 N–H and O–H groups in total. The molecular formula is C13H17NO3. The summed E-state index contributed by atoms with van der Waals surface area (Å²) in [5.41, 5.74) is 0.987. The Kier molecular flexibility index (Phi) is 4.69. The Labute approximate surface area is 101 Å². The Morgan fingerprint density at radius 2 is 1.88 bits per heavy atom. The van der Waals surface area contributed by atoms with Crippen LogP contribution in [-0.2, 0) is 9.59 Å². The molecule has 0 aliphatic heterocycles. The summed E-state index contributed by atoms with van der Waals surface area (Å²) in [6.07, 6.45) is 0.724. The van der Waals surface area contributed by atoms with E-state index in [1.54, 1.807) is 0 Å². The van der Waals surface area contributed by atoms with Crippen molar-refractivity contribution in [2.45, 2.75) is 26.3 Å². The van der Waals surface area contributed by atoms with Gasteiger partial charge in [0.25, 0.3) is 0 Å². The van der Waals surface area contributed by atoms with E-state index in [0.29, 0.717) is 0 Å². The molecule has 4 nitrogen and oxygen atoms in total. The minimum atomic E-state index is -1.11. The Hall–Kier alpha value is -1.84. The van der Waals surface area contributed by atoms with Crippen molar-refractivity contribution in [2.75, 3.05) is 0 Å². The van der Waals surface area contributed by atoms with Gasteiger partial charge < -0.3 is 10.4 Å². The zero-order valence-electron chi connectivity index (χ0n) is 10.0. The lowest BCUT2D eigenvalue weighted by Crippen LogP contribution is -2.36. The average Bonchev–Trinajstić information content (AvgIpc) is 2.35. The van der Waals surface area contributed by atoms with Crippen LogP contribution < -0.4 is 5.32 Å². The summed E-state index contributed by atoms with van der Waals surface area (Å²) < 4.78 is 0. The molecule has 0 radical (unpaired) electrons. The topological polar surface area (TPSA) is 66.4 Å². The molecule has 0 spiro atoms. The Bertz CT molecular complexity index is 389. The smallest absolute Gasteiger partial charge is 0.315 e. The fraction of sp³-hybridized carbons (Fsp3) is 0.385. The maximum atomic E-state index is 11.6. The summed E-state index contributed by atoms with van der Waals surface area (Å²) in [5.74, 6) is -2.58. The quantitative estimate of drug-likeness (QED) is 0.767. The Morgan fingerprint density at radius 3 is 2.35 bits per heavy atom. The van der Waals surface area contributed by atoms with E-state index in [1.165, 1.54) is 6.92 Å². The molecule has 0 saturated heterocycles. The second kappa shape index (κ2) is 6.03. The standard InChI is InChI=1S/C13H17NO3/c1-3-11(10-7-5-4-6-8-10)14-12(15)9(2)13(16)17/h4-9,11H,3H2,1-2H3,(H,14,15)(H,16,17)/t9-,11-/m0/s1. The zero-order valence-corrected chi connectivity index (χ0v) is 10.0. The lowest BCUT2D eigenvalue weighted by molar-refractivity contribution is -0.146. The fourth-order valence-electron chi connectivity index (χ4n) is 1.52. The highest BCUT2D eigenvalue weighted by atomic mass is 16.4. The number of hydrogen-bond acceptors (Lipinski definition) is 2. The summed E-state index contributed by atoms with van der Waals surface area (Å²) in [5, 5.41) is 11.5. The molecular weight excluding hydrogens is 218 g/mol. The zero-order chi connectivity index (χ0) is 12.8. The van der Waals surface area contributed by atoms with Crippen molar-refractivity contribution >= 4 is 11.9 Å². The molecule has 0 bridgehead atoms. The van der Waals surface area contributed by atoms with Crippen molar-refractivity contribution in [1.29, 1.82) is 0 Å². The molecule has 1 amide bonds. The van der Waals surface area contributed by atoms with Crippen LogP contribution in [0.3, 0.4) is 0 Å². The normalized spacial score (nSPS) is 13.8. The molecule has 1 aromatic carbocycles. The number of hydrogen-bond donors (Lipinski definition) is 2. The first kappa shape index (κ1) is 13.2. The van der Waals surface area contributed by atoms with Crippen LogP contribution in [0, 0.1) is 5.92 Å². The predicted octanol–water partition coefficient (Wildman–Crippen LogP) is 1.97. The first-order chi connectivity index (χ1) is 8.06. The van der Waals surface area contributed by atoms with Crippen molar-refractivity contribution in [3.63, 3.8) is 0 Å². The first-order valence-corrected chi connectivity index (χ1v) is 5.64. The summed E-state index contributed by atoms with van der Waals surface area (Å²) >= 11 is 0. The van der Waals surface area contributed by atoms with Gasteiger partial charge in [0, 0.05) is 0 Å². The van der Waals surface area contributed by atoms with Crippen LogP contribution >= 0.6 is 0 Å². The van der Waals surface area contributed by atoms with E-state index >= 15 is 0 Å². The maximum Gasteiger partial charge on any atom is 0.315 e. The summed E-state index contributed by atoms with van der Waals surface area (Å²) in [6.45, 7) is 3.33. The molecule has 17 heavy (non-hydrogen) atoms. The van der Waals surface area contributed by atoms with Gasteiger partial charge in [0.1, 0.15) is 5.92 Å². The van der Waals surface area contributed by atoms with Gasteiger partial charge in [-0.2, -0.15) is 0 Å². The number of carboxylic acids is 1. The number of carbonyl (C=O) groups excluding carboxylic acids is 1. The molecule has 0 aliphatic carbocycles. The number of benzene rings is 1. The van der Waals surface area contributed by atoms with Crippen molar-refractivity contribution in [1.82, 2.24) is 5.32 Å². The summed E-state index contributed by atoms with van der Waals surface area (Å²) in [6, 6.07) is 9.39. The van der Waals surface area contributed by atoms with Gasteiger partial charge in [-0.1, -0.05) is 37.3 Å². The van der Waals surface area contributed by atoms with Crippen LogP contribution in [0.25, 0.3) is 0 Å². The number of carboxylic acid groups (broad SMARTS) is 1. The predicted molar refractivity (Wildman–Crippen MR) is 64.4 cm³/mol. The number of nitrogens with one attached hydrogen (secondary N) is 1. The molecule has 0 saturated carbocycles. The van der Waals surface area contributed by atoms with E-state index < -0.39 is 17.8 Å². The molecule has 1 rings (SSSR count). The van der Waals surface area contributed by atoms with E-state index in [0.717, 1.165) is 12.0 Å². The molecule has 92 valence electrons. The highest BCUT2D eigenvalue weighted by Gasteiger charge is 2.22. The minimum absolute atomic E-state index is 0.134. The van der Waals surface area contributed by atoms with Crippen LogP contribution in [-0.4, -0.2) is 17.0 Å². The number of aliphatic carboxylic acids is 1. The molecule has 1 aromatic rings. The Morgan fingerprint density at radius 1 is 1.29 bits per heavy atom. The molecule has 0 heterocycles. The van der Waals surface area contributed by atoms with Crippen molar-refractivity contribution < 1.29 is 14.7 Å². The van der Waals surface area contributed by atoms with Gasteiger partial charge >= 0.3 is 5.97 Å². The van der Waals surface area contributed by atoms with Crippen LogP contribution in [0.2, 0.25) is 0 Å². The molecule has 0 aliphatic rings. The molecule has 2 atom stereocenters. The van der Waals surface area contributed by atoms with Gasteiger partial charge in [-0.3, -0.25) is 9.59 Å². The number of amides is 1. The van der Waals surface area contributed by atoms with E-state index in [2.05, 4.69) is 5.32 Å². The number of rotatable bonds is 5. The number of carbonyl (C=O) groups is 2. The minimum Gasteiger partial charge on any atom is -0.481 e. The molecule has 0 fully saturated rings. The average molecular weight is 235 g/mol. The summed E-state index contributed by atoms with van der Waals surface area (Å²) in [7, 11) is 0. The lowest BCUT2D eigenvalue weighted by atomic mass is 10.0. The highest BCUT2D eigenvalue weighted by Crippen LogP contribution is 2.16. The second-order valence-corrected chi connectivity index (χ2v) is 3.94. The third-order valence-corrected chi connectivity index (χ3v) is 2.69. The largest absolute Gasteiger partial charge is 0.481 e. The SMILES string of the molecule is CC[C@H](NC(=O)[C@H](C)C(=O)O)c1ccccc1. The fourth-order valence-corrected chi connectivity index (χ4v) is 1.52. The van der Waals surface area contributed by atoms with E-state index in [1.807, 2.05) is 37.3 Å². The van der Waals surface area contributed by atoms with Gasteiger partial charge in [-0.05, 0) is 18.9 Å². The third kappa shape index (κ3) is 3.59. The molecule has 0 aromatic heterocycles. The second-order valence-electron chi connectivity index (χ2n) is 3.94. The monoisotopic (exact) mass is 235 g/mol. The van der Waals surface area contributed by atoms with Gasteiger partial charge in [-0.25, -0.2) is 0 Å². The van der Waals surface area contributed by atoms with Crippen LogP contribution in [0.1, 0.15) is 31.9 Å². The van der Waals surface area contributed by atoms with Gasteiger partial charge in [0.15, 0.2) is 0 Å². The van der Waals surface area contributed by atoms with Crippen molar-refractivity contribution in [3.05, 3.63) is 35.9 Å². The van der Waals surface area contributed by atoms with E-state index in [4.69, 9.17) is 5.11 Å². The van der Waals surface area contributed by atoms with Gasteiger partial charge in [-0.15, -0.1) is 0 Å². The maximum absolute atomic E-state index is 11.6. The Balaban J connectivity index is 2.71. The first-order valence-electron chi connectivity index (χ1n) is 5.64. The van der Waals surface area contributed by atoms with Crippen LogP contribution in [0.5, 0.6) is 0 Å². The highest BCUT2D eigenvalue weighted by molar-refractivity contribution is 5.96. The molecule has 4 heteroatoms. The van der Waals surface area contributed by atoms with Crippen LogP contribution in [0.15, 0.2) is 30.3 Å². The van der Waals surface area contributed by atoms with E-state index in [9.17, 15) is 9.59 Å². The summed E-state index contributed by atoms with van der Waals surface area (Å²) in [4.78, 5) is 22.3. The van der Waals surface area contributed by atoms with E-state index in [-0.39, 0.29) is 6.04 Å². The van der Waals surface area contributed by atoms with Gasteiger partial charge in [0.05, 0.1) is 6.04 Å². The van der Waals surface area contributed by atoms with Crippen LogP contribution in [0.4, 0.5) is 0 Å². The third-order valence-electron chi connectivity index (χ3n) is 2.69. The van der Waals surface area contributed by atoms with Crippen molar-refractivity contribution in [2.24, 2.45) is 5.92 Å². The molecule has 0 unspecified atom stereocenters. The van der Waals surface area contributed by atoms with Gasteiger partial charge in [0.2, 0.25) is 5.91 Å². The lowest BCUT2D eigenvalue weighted by Gasteiger charge is -2.18. The van der Waals surface area contributed by atoms with Crippen molar-refractivity contribution in [3.8, 4) is 0 Å².